The summed E-state index contributed by atoms with van der Waals surface area (Å²) in [4.78, 5) is 10.3. The molecule has 0 aromatic heterocycles. The number of hydrogen-bond donors (Lipinski definition) is 1. The summed E-state index contributed by atoms with van der Waals surface area (Å²) in [5.74, 6) is 0. The molecule has 1 aromatic carbocycles. The minimum Gasteiger partial charge on any atom is -0.393 e. The largest absolute Gasteiger partial charge is 0.393 e. The Morgan fingerprint density at radius 3 is 2.33 bits per heavy atom. The number of anilines is 1. The van der Waals surface area contributed by atoms with E-state index in [1.54, 1.807) is 12.1 Å². The number of fused-ring (bicyclic) bond motifs is 1. The maximum atomic E-state index is 10.7. The molecule has 0 heterocycles. The Kier molecular flexibility index (Phi) is 2.58. The molecule has 1 aliphatic rings. The molecule has 0 atom stereocenters. The summed E-state index contributed by atoms with van der Waals surface area (Å²) in [7, 11) is 0. The van der Waals surface area contributed by atoms with Crippen LogP contribution in [-0.4, -0.2) is 4.92 Å². The molecule has 4 heteroatoms. The summed E-state index contributed by atoms with van der Waals surface area (Å²) < 4.78 is 0. The predicted octanol–water partition coefficient (Wildman–Crippen LogP) is 2.45. The van der Waals surface area contributed by atoms with Crippen LogP contribution in [0.5, 0.6) is 0 Å². The molecule has 0 spiro atoms. The van der Waals surface area contributed by atoms with E-state index in [2.05, 4.69) is 0 Å². The fourth-order valence-corrected chi connectivity index (χ4v) is 2.13. The van der Waals surface area contributed by atoms with Crippen LogP contribution in [-0.2, 0) is 12.8 Å². The topological polar surface area (TPSA) is 69.2 Å². The lowest BCUT2D eigenvalue weighted by Crippen LogP contribution is -2.00. The van der Waals surface area contributed by atoms with Crippen LogP contribution in [0.2, 0.25) is 0 Å². The van der Waals surface area contributed by atoms with Gasteiger partial charge in [0.25, 0.3) is 5.69 Å². The van der Waals surface area contributed by atoms with Gasteiger partial charge in [0.1, 0.15) is 5.69 Å². The lowest BCUT2D eigenvalue weighted by atomic mass is 10.0. The highest BCUT2D eigenvalue weighted by Crippen LogP contribution is 2.29. The first-order valence-corrected chi connectivity index (χ1v) is 5.24. The first-order valence-electron chi connectivity index (χ1n) is 5.24. The van der Waals surface area contributed by atoms with Gasteiger partial charge in [-0.3, -0.25) is 10.1 Å². The van der Waals surface area contributed by atoms with Crippen molar-refractivity contribution in [1.29, 1.82) is 0 Å². The monoisotopic (exact) mass is 206 g/mol. The molecule has 0 amide bonds. The molecule has 0 saturated carbocycles. The van der Waals surface area contributed by atoms with Crippen LogP contribution in [0.4, 0.5) is 11.4 Å². The van der Waals surface area contributed by atoms with Crippen molar-refractivity contribution in [1.82, 2.24) is 0 Å². The van der Waals surface area contributed by atoms with E-state index in [1.807, 2.05) is 0 Å². The number of nitro benzene ring substituents is 1. The molecule has 80 valence electrons. The normalized spacial score (nSPS) is 15.5. The van der Waals surface area contributed by atoms with Crippen LogP contribution < -0.4 is 5.73 Å². The fraction of sp³-hybridized carbons (Fsp3) is 0.455. The van der Waals surface area contributed by atoms with Gasteiger partial charge in [-0.15, -0.1) is 0 Å². The van der Waals surface area contributed by atoms with Gasteiger partial charge < -0.3 is 5.73 Å². The highest BCUT2D eigenvalue weighted by atomic mass is 16.6. The molecule has 2 rings (SSSR count). The highest BCUT2D eigenvalue weighted by molar-refractivity contribution is 5.61. The third-order valence-corrected chi connectivity index (χ3v) is 2.94. The Hall–Kier alpha value is -1.58. The second-order valence-electron chi connectivity index (χ2n) is 4.00. The zero-order valence-corrected chi connectivity index (χ0v) is 8.53. The van der Waals surface area contributed by atoms with Crippen LogP contribution in [0.15, 0.2) is 12.1 Å². The zero-order valence-electron chi connectivity index (χ0n) is 8.53. The standard InChI is InChI=1S/C11H14N2O2/c12-10-6-8-4-2-1-3-5-9(8)7-11(10)13(14)15/h6-7H,1-5,12H2. The van der Waals surface area contributed by atoms with Crippen molar-refractivity contribution in [2.24, 2.45) is 0 Å². The van der Waals surface area contributed by atoms with Crippen LogP contribution in [0, 0.1) is 10.1 Å². The minimum atomic E-state index is -0.402. The molecule has 0 aliphatic heterocycles. The van der Waals surface area contributed by atoms with Crippen molar-refractivity contribution in [2.45, 2.75) is 32.1 Å². The van der Waals surface area contributed by atoms with Crippen molar-refractivity contribution < 1.29 is 4.92 Å². The van der Waals surface area contributed by atoms with E-state index in [0.29, 0.717) is 5.69 Å². The molecule has 1 aliphatic carbocycles. The van der Waals surface area contributed by atoms with Gasteiger partial charge in [-0.05, 0) is 42.9 Å². The number of nitrogen functional groups attached to an aromatic ring is 1. The first kappa shape index (κ1) is 9.96. The molecule has 1 aromatic rings. The van der Waals surface area contributed by atoms with E-state index < -0.39 is 4.92 Å². The Bertz CT molecular complexity index is 402. The lowest BCUT2D eigenvalue weighted by molar-refractivity contribution is -0.384. The number of benzene rings is 1. The summed E-state index contributed by atoms with van der Waals surface area (Å²) in [6.07, 6.45) is 5.41. The van der Waals surface area contributed by atoms with Gasteiger partial charge in [0.15, 0.2) is 0 Å². The third-order valence-electron chi connectivity index (χ3n) is 2.94. The first-order chi connectivity index (χ1) is 7.18. The maximum absolute atomic E-state index is 10.7. The second-order valence-corrected chi connectivity index (χ2v) is 4.00. The maximum Gasteiger partial charge on any atom is 0.292 e. The quantitative estimate of drug-likeness (QED) is 0.332. The fourth-order valence-electron chi connectivity index (χ4n) is 2.13. The van der Waals surface area contributed by atoms with Crippen molar-refractivity contribution >= 4 is 11.4 Å². The van der Waals surface area contributed by atoms with E-state index >= 15 is 0 Å². The van der Waals surface area contributed by atoms with E-state index in [9.17, 15) is 10.1 Å². The van der Waals surface area contributed by atoms with E-state index in [4.69, 9.17) is 5.73 Å². The van der Waals surface area contributed by atoms with Crippen molar-refractivity contribution in [3.63, 3.8) is 0 Å². The van der Waals surface area contributed by atoms with E-state index in [-0.39, 0.29) is 5.69 Å². The molecule has 2 N–H and O–H groups in total. The van der Waals surface area contributed by atoms with Gasteiger partial charge in [0.05, 0.1) is 4.92 Å². The Morgan fingerprint density at radius 2 is 1.73 bits per heavy atom. The van der Waals surface area contributed by atoms with E-state index in [0.717, 1.165) is 31.2 Å². The van der Waals surface area contributed by atoms with Gasteiger partial charge in [-0.25, -0.2) is 0 Å². The van der Waals surface area contributed by atoms with Crippen LogP contribution in [0.25, 0.3) is 0 Å². The lowest BCUT2D eigenvalue weighted by Gasteiger charge is -2.06. The molecule has 0 saturated heterocycles. The summed E-state index contributed by atoms with van der Waals surface area (Å²) in [5, 5.41) is 10.7. The van der Waals surface area contributed by atoms with Gasteiger partial charge >= 0.3 is 0 Å². The van der Waals surface area contributed by atoms with Gasteiger partial charge in [0.2, 0.25) is 0 Å². The Morgan fingerprint density at radius 1 is 1.13 bits per heavy atom. The van der Waals surface area contributed by atoms with Crippen molar-refractivity contribution in [3.8, 4) is 0 Å². The highest BCUT2D eigenvalue weighted by Gasteiger charge is 2.17. The van der Waals surface area contributed by atoms with Crippen molar-refractivity contribution in [2.75, 3.05) is 5.73 Å². The summed E-state index contributed by atoms with van der Waals surface area (Å²) in [6, 6.07) is 3.43. The molecule has 0 unspecified atom stereocenters. The molecular formula is C11H14N2O2. The smallest absolute Gasteiger partial charge is 0.292 e. The molecule has 4 nitrogen and oxygen atoms in total. The number of aryl methyl sites for hydroxylation is 2. The molecule has 0 radical (unpaired) electrons. The number of nitrogens with two attached hydrogens (primary N) is 1. The average molecular weight is 206 g/mol. The van der Waals surface area contributed by atoms with Crippen molar-refractivity contribution in [3.05, 3.63) is 33.4 Å². The molecule has 15 heavy (non-hydrogen) atoms. The van der Waals surface area contributed by atoms with Gasteiger partial charge in [-0.2, -0.15) is 0 Å². The predicted molar refractivity (Wildman–Crippen MR) is 58.8 cm³/mol. The van der Waals surface area contributed by atoms with Gasteiger partial charge in [-0.1, -0.05) is 6.42 Å². The SMILES string of the molecule is Nc1cc2c(cc1[N+](=O)[O-])CCCCC2. The average Bonchev–Trinajstić information content (AvgIpc) is 2.40. The number of rotatable bonds is 1. The third kappa shape index (κ3) is 1.93. The van der Waals surface area contributed by atoms with E-state index in [1.165, 1.54) is 12.0 Å². The summed E-state index contributed by atoms with van der Waals surface area (Å²) in [6.45, 7) is 0. The Labute approximate surface area is 88.2 Å². The summed E-state index contributed by atoms with van der Waals surface area (Å²) >= 11 is 0. The van der Waals surface area contributed by atoms with Gasteiger partial charge in [0, 0.05) is 6.07 Å². The Balaban J connectivity index is 2.47. The zero-order chi connectivity index (χ0) is 10.8. The number of nitro groups is 1. The molecular weight excluding hydrogens is 192 g/mol. The summed E-state index contributed by atoms with van der Waals surface area (Å²) in [5.41, 5.74) is 8.29. The number of hydrogen-bond acceptors (Lipinski definition) is 3. The molecule has 0 bridgehead atoms. The minimum absolute atomic E-state index is 0.0515. The van der Waals surface area contributed by atoms with Crippen LogP contribution in [0.1, 0.15) is 30.4 Å². The van der Waals surface area contributed by atoms with Crippen LogP contribution >= 0.6 is 0 Å². The molecule has 0 fully saturated rings. The second kappa shape index (κ2) is 3.88. The number of nitrogens with zero attached hydrogens (tertiary/aromatic N) is 1. The van der Waals surface area contributed by atoms with Crippen LogP contribution in [0.3, 0.4) is 0 Å².